The SMILES string of the molecule is CCC(Nc1ccc2nnc(C(C)(C)C)n2n1)c1cccc([N+](=O)[O-])c1. The lowest BCUT2D eigenvalue weighted by Crippen LogP contribution is -2.18. The number of hydrogen-bond acceptors (Lipinski definition) is 6. The Bertz CT molecular complexity index is 944. The molecule has 0 aliphatic rings. The maximum atomic E-state index is 11.0. The summed E-state index contributed by atoms with van der Waals surface area (Å²) in [5.74, 6) is 1.45. The Hall–Kier alpha value is -3.03. The van der Waals surface area contributed by atoms with E-state index in [1.54, 1.807) is 16.6 Å². The zero-order chi connectivity index (χ0) is 18.9. The van der Waals surface area contributed by atoms with Crippen molar-refractivity contribution in [3.63, 3.8) is 0 Å². The van der Waals surface area contributed by atoms with Gasteiger partial charge in [0.1, 0.15) is 5.82 Å². The van der Waals surface area contributed by atoms with E-state index in [0.717, 1.165) is 17.8 Å². The molecule has 2 aromatic heterocycles. The molecule has 0 saturated carbocycles. The third kappa shape index (κ3) is 3.49. The van der Waals surface area contributed by atoms with Gasteiger partial charge < -0.3 is 5.32 Å². The highest BCUT2D eigenvalue weighted by Crippen LogP contribution is 2.26. The molecule has 1 aromatic carbocycles. The van der Waals surface area contributed by atoms with Crippen LogP contribution >= 0.6 is 0 Å². The molecule has 0 saturated heterocycles. The number of rotatable bonds is 5. The van der Waals surface area contributed by atoms with E-state index < -0.39 is 0 Å². The molecular weight excluding hydrogens is 332 g/mol. The number of fused-ring (bicyclic) bond motifs is 1. The second kappa shape index (κ2) is 6.70. The minimum Gasteiger partial charge on any atom is -0.362 e. The number of hydrogen-bond donors (Lipinski definition) is 1. The molecule has 3 rings (SSSR count). The quantitative estimate of drug-likeness (QED) is 0.551. The Kier molecular flexibility index (Phi) is 4.58. The first-order valence-electron chi connectivity index (χ1n) is 8.53. The van der Waals surface area contributed by atoms with E-state index in [2.05, 4.69) is 41.4 Å². The molecule has 0 aliphatic carbocycles. The zero-order valence-corrected chi connectivity index (χ0v) is 15.3. The highest BCUT2D eigenvalue weighted by molar-refractivity contribution is 5.46. The van der Waals surface area contributed by atoms with Gasteiger partial charge in [0.2, 0.25) is 0 Å². The van der Waals surface area contributed by atoms with Crippen LogP contribution in [0.4, 0.5) is 11.5 Å². The first-order chi connectivity index (χ1) is 12.3. The normalized spacial score (nSPS) is 12.9. The van der Waals surface area contributed by atoms with Gasteiger partial charge in [-0.15, -0.1) is 15.3 Å². The zero-order valence-electron chi connectivity index (χ0n) is 15.3. The first-order valence-corrected chi connectivity index (χ1v) is 8.53. The Morgan fingerprint density at radius 2 is 2.00 bits per heavy atom. The molecular formula is C18H22N6O2. The molecule has 0 amide bonds. The monoisotopic (exact) mass is 354 g/mol. The van der Waals surface area contributed by atoms with E-state index in [1.807, 2.05) is 25.1 Å². The summed E-state index contributed by atoms with van der Waals surface area (Å²) < 4.78 is 1.74. The molecule has 0 radical (unpaired) electrons. The maximum absolute atomic E-state index is 11.0. The van der Waals surface area contributed by atoms with Crippen LogP contribution in [0.25, 0.3) is 5.65 Å². The second-order valence-electron chi connectivity index (χ2n) is 7.22. The van der Waals surface area contributed by atoms with Crippen LogP contribution in [0.5, 0.6) is 0 Å². The topological polar surface area (TPSA) is 98.2 Å². The summed E-state index contributed by atoms with van der Waals surface area (Å²) in [7, 11) is 0. The Labute approximate surface area is 151 Å². The third-order valence-electron chi connectivity index (χ3n) is 4.15. The highest BCUT2D eigenvalue weighted by Gasteiger charge is 2.22. The van der Waals surface area contributed by atoms with Crippen LogP contribution in [0.15, 0.2) is 36.4 Å². The van der Waals surface area contributed by atoms with Crippen molar-refractivity contribution in [2.45, 2.75) is 45.6 Å². The largest absolute Gasteiger partial charge is 0.362 e. The standard InChI is InChI=1S/C18H22N6O2/c1-5-14(12-7-6-8-13(11-12)24(25)26)19-15-9-10-16-20-21-17(18(2,3)4)23(16)22-15/h6-11,14H,5H2,1-4H3,(H,19,22). The third-order valence-corrected chi connectivity index (χ3v) is 4.15. The van der Waals surface area contributed by atoms with Crippen molar-refractivity contribution in [3.05, 3.63) is 57.9 Å². The Balaban J connectivity index is 1.93. The molecule has 0 bridgehead atoms. The molecule has 26 heavy (non-hydrogen) atoms. The van der Waals surface area contributed by atoms with Crippen LogP contribution in [-0.4, -0.2) is 24.7 Å². The fourth-order valence-electron chi connectivity index (χ4n) is 2.79. The number of nitrogens with one attached hydrogen (secondary N) is 1. The van der Waals surface area contributed by atoms with Gasteiger partial charge in [-0.2, -0.15) is 4.52 Å². The van der Waals surface area contributed by atoms with Gasteiger partial charge in [-0.25, -0.2) is 0 Å². The van der Waals surface area contributed by atoms with Gasteiger partial charge in [0.15, 0.2) is 11.5 Å². The summed E-state index contributed by atoms with van der Waals surface area (Å²) in [6.45, 7) is 8.20. The number of non-ortho nitro benzene ring substituents is 1. The van der Waals surface area contributed by atoms with Crippen molar-refractivity contribution in [1.82, 2.24) is 19.8 Å². The van der Waals surface area contributed by atoms with Gasteiger partial charge in [-0.1, -0.05) is 39.8 Å². The van der Waals surface area contributed by atoms with Crippen LogP contribution in [0.1, 0.15) is 51.5 Å². The first kappa shape index (κ1) is 17.8. The van der Waals surface area contributed by atoms with Gasteiger partial charge in [-0.3, -0.25) is 10.1 Å². The van der Waals surface area contributed by atoms with Crippen LogP contribution in [-0.2, 0) is 5.41 Å². The molecule has 0 fully saturated rings. The van der Waals surface area contributed by atoms with E-state index in [-0.39, 0.29) is 22.1 Å². The van der Waals surface area contributed by atoms with Crippen LogP contribution in [0.2, 0.25) is 0 Å². The molecule has 8 nitrogen and oxygen atoms in total. The van der Waals surface area contributed by atoms with E-state index in [4.69, 9.17) is 0 Å². The number of benzene rings is 1. The van der Waals surface area contributed by atoms with Crippen molar-refractivity contribution in [2.24, 2.45) is 0 Å². The molecule has 1 unspecified atom stereocenters. The average molecular weight is 354 g/mol. The highest BCUT2D eigenvalue weighted by atomic mass is 16.6. The van der Waals surface area contributed by atoms with Gasteiger partial charge >= 0.3 is 0 Å². The van der Waals surface area contributed by atoms with Crippen molar-refractivity contribution in [2.75, 3.05) is 5.32 Å². The van der Waals surface area contributed by atoms with Gasteiger partial charge in [0.25, 0.3) is 5.69 Å². The van der Waals surface area contributed by atoms with Crippen LogP contribution in [0.3, 0.4) is 0 Å². The van der Waals surface area contributed by atoms with Crippen molar-refractivity contribution in [3.8, 4) is 0 Å². The molecule has 1 atom stereocenters. The molecule has 136 valence electrons. The lowest BCUT2D eigenvalue weighted by atomic mass is 9.96. The molecule has 0 spiro atoms. The predicted octanol–water partition coefficient (Wildman–Crippen LogP) is 3.89. The fourth-order valence-corrected chi connectivity index (χ4v) is 2.79. The van der Waals surface area contributed by atoms with Crippen LogP contribution in [0, 0.1) is 10.1 Å². The number of nitro groups is 1. The van der Waals surface area contributed by atoms with E-state index in [9.17, 15) is 10.1 Å². The van der Waals surface area contributed by atoms with Crippen LogP contribution < -0.4 is 5.32 Å². The molecule has 8 heteroatoms. The van der Waals surface area contributed by atoms with E-state index in [1.165, 1.54) is 6.07 Å². The Morgan fingerprint density at radius 3 is 2.65 bits per heavy atom. The van der Waals surface area contributed by atoms with Gasteiger partial charge in [-0.05, 0) is 24.1 Å². The summed E-state index contributed by atoms with van der Waals surface area (Å²) in [6, 6.07) is 10.3. The second-order valence-corrected chi connectivity index (χ2v) is 7.22. The smallest absolute Gasteiger partial charge is 0.269 e. The molecule has 3 aromatic rings. The number of nitro benzene ring substituents is 1. The summed E-state index contributed by atoms with van der Waals surface area (Å²) in [6.07, 6.45) is 0.759. The molecule has 1 N–H and O–H groups in total. The number of nitrogens with zero attached hydrogens (tertiary/aromatic N) is 5. The van der Waals surface area contributed by atoms with Gasteiger partial charge in [0, 0.05) is 17.5 Å². The minimum atomic E-state index is -0.382. The van der Waals surface area contributed by atoms with E-state index in [0.29, 0.717) is 11.5 Å². The van der Waals surface area contributed by atoms with E-state index >= 15 is 0 Å². The lowest BCUT2D eigenvalue weighted by Gasteiger charge is -2.19. The van der Waals surface area contributed by atoms with Crippen molar-refractivity contribution >= 4 is 17.2 Å². The Morgan fingerprint density at radius 1 is 1.23 bits per heavy atom. The minimum absolute atomic E-state index is 0.0833. The number of anilines is 1. The summed E-state index contributed by atoms with van der Waals surface area (Å²) in [5, 5.41) is 27.4. The summed E-state index contributed by atoms with van der Waals surface area (Å²) in [5.41, 5.74) is 1.43. The molecule has 2 heterocycles. The van der Waals surface area contributed by atoms with Gasteiger partial charge in [0.05, 0.1) is 11.0 Å². The number of aromatic nitrogens is 4. The van der Waals surface area contributed by atoms with Crippen molar-refractivity contribution < 1.29 is 4.92 Å². The summed E-state index contributed by atoms with van der Waals surface area (Å²) in [4.78, 5) is 10.6. The average Bonchev–Trinajstić information content (AvgIpc) is 3.03. The predicted molar refractivity (Wildman–Crippen MR) is 99.2 cm³/mol. The maximum Gasteiger partial charge on any atom is 0.269 e. The molecule has 0 aliphatic heterocycles. The fraction of sp³-hybridized carbons (Fsp3) is 0.389. The van der Waals surface area contributed by atoms with Crippen molar-refractivity contribution in [1.29, 1.82) is 0 Å². The lowest BCUT2D eigenvalue weighted by molar-refractivity contribution is -0.384. The summed E-state index contributed by atoms with van der Waals surface area (Å²) >= 11 is 0.